The van der Waals surface area contributed by atoms with Crippen molar-refractivity contribution >= 4 is 62.5 Å². The second-order valence-electron chi connectivity index (χ2n) is 9.10. The fourth-order valence-corrected chi connectivity index (χ4v) is 6.45. The number of amides is 2. The summed E-state index contributed by atoms with van der Waals surface area (Å²) in [6.45, 7) is 5.34. The van der Waals surface area contributed by atoms with E-state index in [4.69, 9.17) is 23.2 Å². The van der Waals surface area contributed by atoms with Gasteiger partial charge in [0, 0.05) is 28.0 Å². The Morgan fingerprint density at radius 1 is 0.975 bits per heavy atom. The number of anilines is 1. The van der Waals surface area contributed by atoms with Gasteiger partial charge in [-0.25, -0.2) is 8.42 Å². The lowest BCUT2D eigenvalue weighted by Crippen LogP contribution is -2.52. The number of likely N-dealkylation sites (N-methyl/N-ethyl adjacent to an activating group) is 1. The third kappa shape index (κ3) is 7.72. The van der Waals surface area contributed by atoms with Crippen molar-refractivity contribution in [1.82, 2.24) is 10.2 Å². The van der Waals surface area contributed by atoms with Gasteiger partial charge in [0.2, 0.25) is 11.8 Å². The van der Waals surface area contributed by atoms with E-state index in [2.05, 4.69) is 5.32 Å². The molecule has 1 atom stereocenters. The molecule has 0 spiro atoms. The topological polar surface area (TPSA) is 86.8 Å². The van der Waals surface area contributed by atoms with E-state index in [-0.39, 0.29) is 17.3 Å². The Morgan fingerprint density at radius 3 is 2.17 bits per heavy atom. The first-order valence-corrected chi connectivity index (χ1v) is 16.2. The lowest BCUT2D eigenvalue weighted by atomic mass is 10.1. The van der Waals surface area contributed by atoms with Crippen molar-refractivity contribution in [2.45, 2.75) is 49.6 Å². The molecule has 3 rings (SSSR count). The summed E-state index contributed by atoms with van der Waals surface area (Å²) < 4.78 is 29.0. The van der Waals surface area contributed by atoms with Crippen molar-refractivity contribution in [3.05, 3.63) is 87.9 Å². The van der Waals surface area contributed by atoms with Crippen molar-refractivity contribution in [3.8, 4) is 0 Å². The Bertz CT molecular complexity index is 1430. The van der Waals surface area contributed by atoms with Crippen LogP contribution in [0.2, 0.25) is 10.0 Å². The van der Waals surface area contributed by atoms with Crippen LogP contribution >= 0.6 is 35.0 Å². The highest BCUT2D eigenvalue weighted by atomic mass is 35.5. The smallest absolute Gasteiger partial charge is 0.264 e. The molecular formula is C29H33Cl2N3O4S2. The van der Waals surface area contributed by atoms with Crippen LogP contribution in [0.4, 0.5) is 5.69 Å². The number of benzene rings is 3. The van der Waals surface area contributed by atoms with Crippen LogP contribution in [-0.4, -0.2) is 50.5 Å². The zero-order valence-corrected chi connectivity index (χ0v) is 26.0. The first-order valence-electron chi connectivity index (χ1n) is 12.8. The molecule has 40 heavy (non-hydrogen) atoms. The van der Waals surface area contributed by atoms with Gasteiger partial charge in [-0.15, -0.1) is 11.8 Å². The van der Waals surface area contributed by atoms with Gasteiger partial charge in [-0.05, 0) is 80.6 Å². The molecule has 0 saturated heterocycles. The second-order valence-corrected chi connectivity index (χ2v) is 12.7. The molecule has 0 aliphatic carbocycles. The average Bonchev–Trinajstić information content (AvgIpc) is 2.93. The number of halogens is 2. The van der Waals surface area contributed by atoms with Crippen molar-refractivity contribution in [2.75, 3.05) is 23.7 Å². The maximum atomic E-state index is 14.0. The van der Waals surface area contributed by atoms with E-state index in [1.807, 2.05) is 13.2 Å². The summed E-state index contributed by atoms with van der Waals surface area (Å²) in [6, 6.07) is 17.5. The number of thioether (sulfide) groups is 1. The quantitative estimate of drug-likeness (QED) is 0.245. The summed E-state index contributed by atoms with van der Waals surface area (Å²) in [5.74, 6) is -0.880. The maximum Gasteiger partial charge on any atom is 0.264 e. The standard InChI is InChI=1S/C29H33Cl2N3O4S2/c1-5-27(29(36)32-6-2)33(18-21-9-10-22(30)17-26(21)31)28(35)19-34(23-11-7-20(3)8-12-23)40(37,38)25-15-13-24(39-4)14-16-25/h7-17,27H,5-6,18-19H2,1-4H3,(H,32,36). The lowest BCUT2D eigenvalue weighted by molar-refractivity contribution is -0.140. The first-order chi connectivity index (χ1) is 19.0. The number of aryl methyl sites for hydroxylation is 1. The van der Waals surface area contributed by atoms with E-state index in [1.54, 1.807) is 68.4 Å². The monoisotopic (exact) mass is 621 g/mol. The molecule has 0 heterocycles. The number of nitrogens with zero attached hydrogens (tertiary/aromatic N) is 2. The molecule has 0 fully saturated rings. The Hall–Kier alpha value is -2.72. The van der Waals surface area contributed by atoms with Gasteiger partial charge in [0.25, 0.3) is 10.0 Å². The summed E-state index contributed by atoms with van der Waals surface area (Å²) in [6.07, 6.45) is 2.22. The van der Waals surface area contributed by atoms with E-state index < -0.39 is 28.5 Å². The zero-order chi connectivity index (χ0) is 29.4. The van der Waals surface area contributed by atoms with Crippen LogP contribution in [0.25, 0.3) is 0 Å². The number of carbonyl (C=O) groups excluding carboxylic acids is 2. The Kier molecular flexibility index (Phi) is 11.3. The van der Waals surface area contributed by atoms with E-state index >= 15 is 0 Å². The SMILES string of the molecule is CCNC(=O)C(CC)N(Cc1ccc(Cl)cc1Cl)C(=O)CN(c1ccc(C)cc1)S(=O)(=O)c1ccc(SC)cc1. The van der Waals surface area contributed by atoms with Crippen molar-refractivity contribution in [1.29, 1.82) is 0 Å². The molecule has 0 aromatic heterocycles. The number of rotatable bonds is 12. The average molecular weight is 623 g/mol. The molecule has 3 aromatic rings. The largest absolute Gasteiger partial charge is 0.355 e. The fourth-order valence-electron chi connectivity index (χ4n) is 4.16. The molecular weight excluding hydrogens is 589 g/mol. The minimum absolute atomic E-state index is 0.00528. The van der Waals surface area contributed by atoms with Crippen LogP contribution in [-0.2, 0) is 26.2 Å². The van der Waals surface area contributed by atoms with Crippen LogP contribution in [0.3, 0.4) is 0 Å². The molecule has 214 valence electrons. The van der Waals surface area contributed by atoms with E-state index in [1.165, 1.54) is 28.8 Å². The highest BCUT2D eigenvalue weighted by molar-refractivity contribution is 7.98. The third-order valence-corrected chi connectivity index (χ3v) is 9.46. The van der Waals surface area contributed by atoms with Gasteiger partial charge < -0.3 is 10.2 Å². The van der Waals surface area contributed by atoms with Gasteiger partial charge in [-0.1, -0.05) is 53.9 Å². The van der Waals surface area contributed by atoms with Gasteiger partial charge >= 0.3 is 0 Å². The number of carbonyl (C=O) groups is 2. The molecule has 0 aliphatic heterocycles. The first kappa shape index (κ1) is 31.8. The van der Waals surface area contributed by atoms with Gasteiger partial charge in [0.15, 0.2) is 0 Å². The van der Waals surface area contributed by atoms with Crippen LogP contribution in [0.1, 0.15) is 31.4 Å². The van der Waals surface area contributed by atoms with Crippen LogP contribution in [0, 0.1) is 6.92 Å². The van der Waals surface area contributed by atoms with Gasteiger partial charge in [0.05, 0.1) is 10.6 Å². The highest BCUT2D eigenvalue weighted by Gasteiger charge is 2.33. The zero-order valence-electron chi connectivity index (χ0n) is 22.9. The Labute approximate surface area is 250 Å². The predicted octanol–water partition coefficient (Wildman–Crippen LogP) is 6.16. The lowest BCUT2D eigenvalue weighted by Gasteiger charge is -2.33. The molecule has 0 aliphatic rings. The maximum absolute atomic E-state index is 14.0. The van der Waals surface area contributed by atoms with Crippen molar-refractivity contribution in [2.24, 2.45) is 0 Å². The third-order valence-electron chi connectivity index (χ3n) is 6.34. The number of hydrogen-bond donors (Lipinski definition) is 1. The van der Waals surface area contributed by atoms with Crippen molar-refractivity contribution in [3.63, 3.8) is 0 Å². The molecule has 2 amide bonds. The van der Waals surface area contributed by atoms with Gasteiger partial charge in [-0.2, -0.15) is 0 Å². The molecule has 1 N–H and O–H groups in total. The molecule has 11 heteroatoms. The molecule has 3 aromatic carbocycles. The highest BCUT2D eigenvalue weighted by Crippen LogP contribution is 2.28. The molecule has 0 bridgehead atoms. The molecule has 1 unspecified atom stereocenters. The number of nitrogens with one attached hydrogen (secondary N) is 1. The van der Waals surface area contributed by atoms with E-state index in [9.17, 15) is 18.0 Å². The van der Waals surface area contributed by atoms with Gasteiger partial charge in [-0.3, -0.25) is 13.9 Å². The summed E-state index contributed by atoms with van der Waals surface area (Å²) in [5.41, 5.74) is 1.86. The van der Waals surface area contributed by atoms with Gasteiger partial charge in [0.1, 0.15) is 12.6 Å². The van der Waals surface area contributed by atoms with E-state index in [0.29, 0.717) is 34.3 Å². The summed E-state index contributed by atoms with van der Waals surface area (Å²) >= 11 is 14.0. The predicted molar refractivity (Wildman–Crippen MR) is 164 cm³/mol. The Balaban J connectivity index is 2.07. The molecule has 7 nitrogen and oxygen atoms in total. The second kappa shape index (κ2) is 14.3. The van der Waals surface area contributed by atoms with Crippen LogP contribution < -0.4 is 9.62 Å². The molecule has 0 saturated carbocycles. The minimum Gasteiger partial charge on any atom is -0.355 e. The molecule has 0 radical (unpaired) electrons. The Morgan fingerprint density at radius 2 is 1.62 bits per heavy atom. The van der Waals surface area contributed by atoms with Crippen LogP contribution in [0.15, 0.2) is 76.5 Å². The fraction of sp³-hybridized carbons (Fsp3) is 0.310. The van der Waals surface area contributed by atoms with Crippen LogP contribution in [0.5, 0.6) is 0 Å². The van der Waals surface area contributed by atoms with E-state index in [0.717, 1.165) is 14.8 Å². The summed E-state index contributed by atoms with van der Waals surface area (Å²) in [7, 11) is -4.14. The van der Waals surface area contributed by atoms with Crippen molar-refractivity contribution < 1.29 is 18.0 Å². The number of sulfonamides is 1. The summed E-state index contributed by atoms with van der Waals surface area (Å²) in [5, 5.41) is 3.56. The normalized spacial score (nSPS) is 12.1. The summed E-state index contributed by atoms with van der Waals surface area (Å²) in [4.78, 5) is 29.4. The number of hydrogen-bond acceptors (Lipinski definition) is 5. The minimum atomic E-state index is -4.14.